The molecule has 7 heteroatoms. The van der Waals surface area contributed by atoms with Crippen LogP contribution in [0.5, 0.6) is 0 Å². The number of nitrogens with zero attached hydrogens (tertiary/aromatic N) is 3. The van der Waals surface area contributed by atoms with Crippen molar-refractivity contribution in [2.45, 2.75) is 49.6 Å². The summed E-state index contributed by atoms with van der Waals surface area (Å²) in [5.41, 5.74) is 2.27. The van der Waals surface area contributed by atoms with Gasteiger partial charge in [0.05, 0.1) is 6.04 Å². The first-order chi connectivity index (χ1) is 15.2. The third-order valence-electron chi connectivity index (χ3n) is 6.84. The van der Waals surface area contributed by atoms with Gasteiger partial charge in [0.25, 0.3) is 0 Å². The average molecular weight is 434 g/mol. The molecule has 1 aliphatic carbocycles. The summed E-state index contributed by atoms with van der Waals surface area (Å²) in [7, 11) is 0. The van der Waals surface area contributed by atoms with E-state index < -0.39 is 0 Å². The first-order valence-corrected chi connectivity index (χ1v) is 11.8. The number of carbonyl (C=O) groups is 1. The lowest BCUT2D eigenvalue weighted by atomic mass is 9.93. The molecule has 6 nitrogen and oxygen atoms in total. The molecule has 1 aliphatic heterocycles. The van der Waals surface area contributed by atoms with Gasteiger partial charge in [0.15, 0.2) is 0 Å². The molecule has 1 saturated carbocycles. The highest BCUT2D eigenvalue weighted by Gasteiger charge is 2.45. The standard InChI is InChI=1S/C24H27N5OS/c25-17-19-2-1-12-28(19)13-6-21(23(30)29-14-9-24(7-8-24)10-15-29)27-31-20-4-3-18-5-11-26-22(18)16-20/h1-5,11-12,16,21,26-27H,6-10,13-15H2. The number of carbonyl (C=O) groups excluding carboxylic acids is 1. The summed E-state index contributed by atoms with van der Waals surface area (Å²) < 4.78 is 5.37. The van der Waals surface area contributed by atoms with E-state index in [1.165, 1.54) is 30.2 Å². The fourth-order valence-electron chi connectivity index (χ4n) is 4.54. The third-order valence-corrected chi connectivity index (χ3v) is 7.73. The van der Waals surface area contributed by atoms with Crippen molar-refractivity contribution in [3.8, 4) is 6.07 Å². The van der Waals surface area contributed by atoms with Crippen LogP contribution >= 0.6 is 11.9 Å². The maximum Gasteiger partial charge on any atom is 0.240 e. The predicted molar refractivity (Wildman–Crippen MR) is 122 cm³/mol. The molecule has 5 rings (SSSR count). The molecule has 2 N–H and O–H groups in total. The molecule has 1 saturated heterocycles. The number of benzene rings is 1. The topological polar surface area (TPSA) is 76.8 Å². The average Bonchev–Trinajstić information content (AvgIpc) is 3.18. The van der Waals surface area contributed by atoms with Gasteiger partial charge >= 0.3 is 0 Å². The molecular weight excluding hydrogens is 406 g/mol. The van der Waals surface area contributed by atoms with Gasteiger partial charge in [-0.05, 0) is 85.2 Å². The van der Waals surface area contributed by atoms with Crippen molar-refractivity contribution in [3.05, 3.63) is 54.5 Å². The van der Waals surface area contributed by atoms with Crippen molar-refractivity contribution in [1.29, 1.82) is 5.26 Å². The molecule has 1 spiro atoms. The van der Waals surface area contributed by atoms with Crippen LogP contribution in [0.1, 0.15) is 37.8 Å². The van der Waals surface area contributed by atoms with Gasteiger partial charge < -0.3 is 14.5 Å². The maximum absolute atomic E-state index is 13.4. The summed E-state index contributed by atoms with van der Waals surface area (Å²) in [6, 6.07) is 13.9. The van der Waals surface area contributed by atoms with Crippen molar-refractivity contribution >= 4 is 28.8 Å². The minimum Gasteiger partial charge on any atom is -0.361 e. The van der Waals surface area contributed by atoms with E-state index in [4.69, 9.17) is 0 Å². The Morgan fingerprint density at radius 3 is 2.84 bits per heavy atom. The number of aromatic nitrogens is 2. The SMILES string of the molecule is N#Cc1cccn1CCC(NSc1ccc2cc[nH]c2c1)C(=O)N1CCC2(CC1)CC2. The number of nitriles is 1. The number of fused-ring (bicyclic) bond motifs is 1. The molecule has 1 atom stereocenters. The second kappa shape index (κ2) is 8.45. The van der Waals surface area contributed by atoms with Crippen molar-refractivity contribution in [2.24, 2.45) is 5.41 Å². The van der Waals surface area contributed by atoms with Crippen LogP contribution in [0, 0.1) is 16.7 Å². The van der Waals surface area contributed by atoms with Crippen molar-refractivity contribution in [2.75, 3.05) is 13.1 Å². The summed E-state index contributed by atoms with van der Waals surface area (Å²) in [5.74, 6) is 0.176. The normalized spacial score (nSPS) is 18.2. The summed E-state index contributed by atoms with van der Waals surface area (Å²) in [6.07, 6.45) is 9.42. The minimum absolute atomic E-state index is 0.176. The van der Waals surface area contributed by atoms with Gasteiger partial charge in [0.2, 0.25) is 5.91 Å². The lowest BCUT2D eigenvalue weighted by Crippen LogP contribution is -2.48. The van der Waals surface area contributed by atoms with Gasteiger partial charge in [-0.3, -0.25) is 4.79 Å². The number of nitrogens with one attached hydrogen (secondary N) is 2. The van der Waals surface area contributed by atoms with Gasteiger partial charge in [0.1, 0.15) is 11.8 Å². The van der Waals surface area contributed by atoms with Crippen LogP contribution in [-0.4, -0.2) is 39.5 Å². The number of likely N-dealkylation sites (tertiary alicyclic amines) is 1. The number of piperidine rings is 1. The zero-order chi connectivity index (χ0) is 21.3. The Morgan fingerprint density at radius 1 is 1.23 bits per heavy atom. The smallest absolute Gasteiger partial charge is 0.240 e. The van der Waals surface area contributed by atoms with Crippen molar-refractivity contribution < 1.29 is 4.79 Å². The third kappa shape index (κ3) is 4.36. The molecule has 3 heterocycles. The predicted octanol–water partition coefficient (Wildman–Crippen LogP) is 4.30. The van der Waals surface area contributed by atoms with E-state index >= 15 is 0 Å². The van der Waals surface area contributed by atoms with Crippen LogP contribution < -0.4 is 4.72 Å². The van der Waals surface area contributed by atoms with Crippen LogP contribution in [0.2, 0.25) is 0 Å². The van der Waals surface area contributed by atoms with Crippen LogP contribution in [0.4, 0.5) is 0 Å². The first-order valence-electron chi connectivity index (χ1n) is 11.0. The maximum atomic E-state index is 13.4. The molecule has 2 aromatic heterocycles. The van der Waals surface area contributed by atoms with E-state index in [0.29, 0.717) is 24.1 Å². The van der Waals surface area contributed by atoms with Crippen LogP contribution in [0.15, 0.2) is 53.7 Å². The van der Waals surface area contributed by atoms with Gasteiger partial charge in [-0.25, -0.2) is 4.72 Å². The van der Waals surface area contributed by atoms with Gasteiger partial charge in [-0.15, -0.1) is 0 Å². The fourth-order valence-corrected chi connectivity index (χ4v) is 5.35. The number of hydrogen-bond acceptors (Lipinski definition) is 4. The Bertz CT molecular complexity index is 1110. The molecule has 0 radical (unpaired) electrons. The molecule has 31 heavy (non-hydrogen) atoms. The number of aryl methyl sites for hydroxylation is 1. The van der Waals surface area contributed by atoms with Crippen LogP contribution in [0.25, 0.3) is 10.9 Å². The number of H-pyrrole nitrogens is 1. The molecule has 1 unspecified atom stereocenters. The Labute approximate surface area is 186 Å². The molecule has 2 aliphatic rings. The summed E-state index contributed by atoms with van der Waals surface area (Å²) in [4.78, 5) is 19.8. The first kappa shape index (κ1) is 20.2. The molecule has 1 amide bonds. The Morgan fingerprint density at radius 2 is 2.06 bits per heavy atom. The monoisotopic (exact) mass is 433 g/mol. The Hall–Kier alpha value is -2.69. The fraction of sp³-hybridized carbons (Fsp3) is 0.417. The van der Waals surface area contributed by atoms with Gasteiger partial charge in [-0.2, -0.15) is 5.26 Å². The number of rotatable bonds is 7. The van der Waals surface area contributed by atoms with Crippen molar-refractivity contribution in [3.63, 3.8) is 0 Å². The highest BCUT2D eigenvalue weighted by atomic mass is 32.2. The number of aromatic amines is 1. The quantitative estimate of drug-likeness (QED) is 0.545. The summed E-state index contributed by atoms with van der Waals surface area (Å²) >= 11 is 1.51. The lowest BCUT2D eigenvalue weighted by molar-refractivity contribution is -0.134. The molecule has 2 fully saturated rings. The highest BCUT2D eigenvalue weighted by molar-refractivity contribution is 7.97. The number of hydrogen-bond donors (Lipinski definition) is 2. The largest absolute Gasteiger partial charge is 0.361 e. The molecule has 160 valence electrons. The lowest BCUT2D eigenvalue weighted by Gasteiger charge is -2.34. The minimum atomic E-state index is -0.300. The Kier molecular flexibility index (Phi) is 5.51. The summed E-state index contributed by atoms with van der Waals surface area (Å²) in [5, 5.41) is 10.5. The molecule has 1 aromatic carbocycles. The van der Waals surface area contributed by atoms with Gasteiger partial charge in [0, 0.05) is 42.4 Å². The van der Waals surface area contributed by atoms with Crippen LogP contribution in [0.3, 0.4) is 0 Å². The van der Waals surface area contributed by atoms with Crippen LogP contribution in [-0.2, 0) is 11.3 Å². The Balaban J connectivity index is 1.27. The van der Waals surface area contributed by atoms with E-state index in [0.717, 1.165) is 36.3 Å². The van der Waals surface area contributed by atoms with E-state index in [1.807, 2.05) is 34.0 Å². The van der Waals surface area contributed by atoms with E-state index in [2.05, 4.69) is 40.0 Å². The number of amides is 1. The zero-order valence-corrected chi connectivity index (χ0v) is 18.3. The second-order valence-electron chi connectivity index (χ2n) is 8.81. The summed E-state index contributed by atoms with van der Waals surface area (Å²) in [6.45, 7) is 2.36. The van der Waals surface area contributed by atoms with E-state index in [1.54, 1.807) is 0 Å². The van der Waals surface area contributed by atoms with E-state index in [-0.39, 0.29) is 11.9 Å². The van der Waals surface area contributed by atoms with Gasteiger partial charge in [-0.1, -0.05) is 6.07 Å². The molecule has 3 aromatic rings. The zero-order valence-electron chi connectivity index (χ0n) is 17.5. The van der Waals surface area contributed by atoms with E-state index in [9.17, 15) is 10.1 Å². The molecule has 0 bridgehead atoms. The van der Waals surface area contributed by atoms with Crippen molar-refractivity contribution in [1.82, 2.24) is 19.2 Å². The molecular formula is C24H27N5OS. The highest BCUT2D eigenvalue weighted by Crippen LogP contribution is 2.53. The second-order valence-corrected chi connectivity index (χ2v) is 9.72.